The Hall–Kier alpha value is -3.09. The van der Waals surface area contributed by atoms with E-state index in [2.05, 4.69) is 4.79 Å². The fourth-order valence-corrected chi connectivity index (χ4v) is 3.53. The molecule has 0 amide bonds. The van der Waals surface area contributed by atoms with Gasteiger partial charge in [0, 0.05) is 11.1 Å². The molecular weight excluding hydrogens is 332 g/mol. The van der Waals surface area contributed by atoms with E-state index in [0.29, 0.717) is 0 Å². The van der Waals surface area contributed by atoms with Gasteiger partial charge in [-0.15, -0.1) is 0 Å². The molecule has 0 saturated carbocycles. The average molecular weight is 342 g/mol. The second-order valence-corrected chi connectivity index (χ2v) is 6.51. The Morgan fingerprint density at radius 1 is 1.17 bits per heavy atom. The Balaban J connectivity index is 2.07. The number of Topliss-reactive ketones (excluding diaryl/α,β-unsaturated/α-hetero) is 1. The number of ketones is 2. The molecule has 0 spiro atoms. The predicted molar refractivity (Wildman–Crippen MR) is 83.6 cm³/mol. The number of allylic oxidation sites excluding steroid dienone is 5. The lowest BCUT2D eigenvalue weighted by atomic mass is 9.95. The summed E-state index contributed by atoms with van der Waals surface area (Å²) in [5.74, 6) is -1.60. The lowest BCUT2D eigenvalue weighted by molar-refractivity contribution is -0.110. The number of carbonyl (C=O) groups is 2. The van der Waals surface area contributed by atoms with Crippen molar-refractivity contribution >= 4 is 33.5 Å². The Morgan fingerprint density at radius 3 is 2.71 bits per heavy atom. The van der Waals surface area contributed by atoms with Crippen molar-refractivity contribution in [2.24, 2.45) is 0 Å². The zero-order valence-electron chi connectivity index (χ0n) is 12.2. The molecule has 120 valence electrons. The molecule has 24 heavy (non-hydrogen) atoms. The highest BCUT2D eigenvalue weighted by Crippen LogP contribution is 2.28. The molecule has 2 aliphatic carbocycles. The summed E-state index contributed by atoms with van der Waals surface area (Å²) < 4.78 is 30.2. The molecule has 2 aliphatic rings. The minimum Gasteiger partial charge on any atom is -0.371 e. The highest BCUT2D eigenvalue weighted by Gasteiger charge is 2.31. The van der Waals surface area contributed by atoms with Crippen molar-refractivity contribution in [1.29, 1.82) is 0 Å². The van der Waals surface area contributed by atoms with Crippen molar-refractivity contribution in [2.45, 2.75) is 11.3 Å². The molecule has 3 rings (SSSR count). The summed E-state index contributed by atoms with van der Waals surface area (Å²) >= 11 is 0. The first kappa shape index (κ1) is 15.8. The molecule has 0 aromatic heterocycles. The van der Waals surface area contributed by atoms with E-state index in [4.69, 9.17) is 9.71 Å². The highest BCUT2D eigenvalue weighted by molar-refractivity contribution is 7.87. The van der Waals surface area contributed by atoms with Crippen molar-refractivity contribution < 1.29 is 27.0 Å². The van der Waals surface area contributed by atoms with E-state index in [1.165, 1.54) is 30.4 Å². The Bertz CT molecular complexity index is 1010. The molecular formula is C16H10N2O5S. The van der Waals surface area contributed by atoms with Gasteiger partial charge in [-0.05, 0) is 24.3 Å². The van der Waals surface area contributed by atoms with Crippen molar-refractivity contribution in [3.8, 4) is 0 Å². The third-order valence-corrected chi connectivity index (χ3v) is 4.80. The second-order valence-electron chi connectivity index (χ2n) is 4.99. The topological polar surface area (TPSA) is 114 Å². The normalized spacial score (nSPS) is 16.5. The summed E-state index contributed by atoms with van der Waals surface area (Å²) in [5, 5.41) is 0. The van der Waals surface area contributed by atoms with Crippen LogP contribution in [0.1, 0.15) is 22.3 Å². The Kier molecular flexibility index (Phi) is 3.84. The maximum atomic E-state index is 12.6. The number of nitrogens with zero attached hydrogens (tertiary/aromatic N) is 2. The van der Waals surface area contributed by atoms with Crippen molar-refractivity contribution in [3.63, 3.8) is 0 Å². The van der Waals surface area contributed by atoms with Crippen molar-refractivity contribution in [2.75, 3.05) is 0 Å². The molecule has 8 heteroatoms. The lowest BCUT2D eigenvalue weighted by Gasteiger charge is -2.14. The lowest BCUT2D eigenvalue weighted by Crippen LogP contribution is -2.20. The molecule has 0 saturated heterocycles. The maximum absolute atomic E-state index is 12.6. The fraction of sp³-hybridized carbons (Fsp3) is 0.0625. The molecule has 0 unspecified atom stereocenters. The van der Waals surface area contributed by atoms with E-state index in [1.54, 1.807) is 12.2 Å². The van der Waals surface area contributed by atoms with E-state index < -0.39 is 21.7 Å². The predicted octanol–water partition coefficient (Wildman–Crippen LogP) is 1.69. The van der Waals surface area contributed by atoms with Gasteiger partial charge in [0.2, 0.25) is 17.3 Å². The van der Waals surface area contributed by atoms with Gasteiger partial charge in [0.05, 0.1) is 6.42 Å². The summed E-state index contributed by atoms with van der Waals surface area (Å²) in [6.45, 7) is 0. The molecule has 0 fully saturated rings. The molecule has 0 aliphatic heterocycles. The Labute approximate surface area is 137 Å². The smallest absolute Gasteiger partial charge is 0.340 e. The van der Waals surface area contributed by atoms with Crippen LogP contribution in [0.25, 0.3) is 11.6 Å². The average Bonchev–Trinajstić information content (AvgIpc) is 2.58. The fourth-order valence-electron chi connectivity index (χ4n) is 2.36. The van der Waals surface area contributed by atoms with Crippen LogP contribution in [0, 0.1) is 0 Å². The summed E-state index contributed by atoms with van der Waals surface area (Å²) in [5.41, 5.74) is 9.09. The van der Waals surface area contributed by atoms with Crippen molar-refractivity contribution in [3.05, 3.63) is 64.9 Å². The monoisotopic (exact) mass is 342 g/mol. The summed E-state index contributed by atoms with van der Waals surface area (Å²) in [4.78, 5) is 26.1. The van der Waals surface area contributed by atoms with Gasteiger partial charge in [0.25, 0.3) is 0 Å². The van der Waals surface area contributed by atoms with Gasteiger partial charge in [0.1, 0.15) is 4.90 Å². The maximum Gasteiger partial charge on any atom is 0.340 e. The first-order chi connectivity index (χ1) is 11.4. The second kappa shape index (κ2) is 5.84. The van der Waals surface area contributed by atoms with Crippen LogP contribution in [0.5, 0.6) is 0 Å². The number of hydrogen-bond donors (Lipinski definition) is 0. The van der Waals surface area contributed by atoms with Gasteiger partial charge in [-0.2, -0.15) is 13.2 Å². The highest BCUT2D eigenvalue weighted by atomic mass is 32.2. The summed E-state index contributed by atoms with van der Waals surface area (Å²) in [6.07, 6.45) is 7.11. The van der Waals surface area contributed by atoms with Gasteiger partial charge in [-0.25, -0.2) is 0 Å². The van der Waals surface area contributed by atoms with Crippen LogP contribution >= 0.6 is 0 Å². The Morgan fingerprint density at radius 2 is 1.96 bits per heavy atom. The molecule has 0 radical (unpaired) electrons. The van der Waals surface area contributed by atoms with Crippen LogP contribution in [0.4, 0.5) is 0 Å². The van der Waals surface area contributed by atoms with Crippen LogP contribution in [-0.2, 0) is 19.1 Å². The molecule has 0 atom stereocenters. The van der Waals surface area contributed by atoms with Gasteiger partial charge in [-0.1, -0.05) is 24.3 Å². The van der Waals surface area contributed by atoms with E-state index in [9.17, 15) is 18.0 Å². The van der Waals surface area contributed by atoms with Gasteiger partial charge in [-0.3, -0.25) is 9.59 Å². The number of benzene rings is 1. The third-order valence-electron chi connectivity index (χ3n) is 3.50. The molecule has 0 bridgehead atoms. The van der Waals surface area contributed by atoms with Crippen molar-refractivity contribution in [1.82, 2.24) is 0 Å². The number of carbonyl (C=O) groups excluding carboxylic acids is 2. The minimum atomic E-state index is -4.29. The standard InChI is InChI=1S/C16H10N2O5S/c17-18-12-5-1-2-6-14(12)23-24(21,22)15-7-3-4-11-10(15)8-9-13(19)16(11)20/h1-4,6-9H,5H2. The first-order valence-corrected chi connectivity index (χ1v) is 8.27. The number of hydrogen-bond acceptors (Lipinski definition) is 5. The van der Waals surface area contributed by atoms with Gasteiger partial charge >= 0.3 is 15.8 Å². The van der Waals surface area contributed by atoms with E-state index in [1.807, 2.05) is 0 Å². The third kappa shape index (κ3) is 2.64. The van der Waals surface area contributed by atoms with Gasteiger partial charge in [0.15, 0.2) is 0 Å². The molecule has 1 aromatic rings. The first-order valence-electron chi connectivity index (χ1n) is 6.86. The van der Waals surface area contributed by atoms with Crippen LogP contribution in [0.2, 0.25) is 0 Å². The number of fused-ring (bicyclic) bond motifs is 1. The molecule has 0 N–H and O–H groups in total. The zero-order valence-corrected chi connectivity index (χ0v) is 13.0. The van der Waals surface area contributed by atoms with Gasteiger partial charge < -0.3 is 9.71 Å². The minimum absolute atomic E-state index is 0.000688. The van der Waals surface area contributed by atoms with E-state index in [0.717, 1.165) is 6.08 Å². The molecule has 0 heterocycles. The van der Waals surface area contributed by atoms with Crippen LogP contribution in [0.3, 0.4) is 0 Å². The SMILES string of the molecule is [N-]=[N+]=C1CC=CC=C1OS(=O)(=O)c1cccc2c1C=CC(=O)C2=O. The quantitative estimate of drug-likeness (QED) is 0.359. The zero-order chi connectivity index (χ0) is 17.3. The van der Waals surface area contributed by atoms with E-state index in [-0.39, 0.29) is 33.9 Å². The molecule has 7 nitrogen and oxygen atoms in total. The van der Waals surface area contributed by atoms with Crippen LogP contribution in [0.15, 0.2) is 53.2 Å². The number of rotatable bonds is 3. The van der Waals surface area contributed by atoms with E-state index >= 15 is 0 Å². The van der Waals surface area contributed by atoms with Crippen LogP contribution < -0.4 is 0 Å². The summed E-state index contributed by atoms with van der Waals surface area (Å²) in [7, 11) is -4.29. The summed E-state index contributed by atoms with van der Waals surface area (Å²) in [6, 6.07) is 4.01. The van der Waals surface area contributed by atoms with Crippen LogP contribution in [-0.4, -0.2) is 30.5 Å². The largest absolute Gasteiger partial charge is 0.371 e. The molecule has 1 aromatic carbocycles.